The molecule has 2 aliphatic rings. The van der Waals surface area contributed by atoms with Gasteiger partial charge in [-0.2, -0.15) is 0 Å². The Labute approximate surface area is 220 Å². The van der Waals surface area contributed by atoms with Crippen LogP contribution in [0.3, 0.4) is 0 Å². The van der Waals surface area contributed by atoms with Gasteiger partial charge in [0.25, 0.3) is 18.1 Å². The molecule has 3 amide bonds. The van der Waals surface area contributed by atoms with Crippen molar-refractivity contribution in [3.8, 4) is 0 Å². The van der Waals surface area contributed by atoms with Crippen molar-refractivity contribution in [2.45, 2.75) is 83.8 Å². The summed E-state index contributed by atoms with van der Waals surface area (Å²) < 4.78 is 16.4. The van der Waals surface area contributed by atoms with Gasteiger partial charge in [-0.1, -0.05) is 24.3 Å². The lowest BCUT2D eigenvalue weighted by Crippen LogP contribution is -2.38. The summed E-state index contributed by atoms with van der Waals surface area (Å²) in [4.78, 5) is 57.6. The highest BCUT2D eigenvalue weighted by Gasteiger charge is 2.34. The number of carbonyl (C=O) groups excluding carboxylic acids is 3. The first-order valence-corrected chi connectivity index (χ1v) is 12.3. The first-order valence-electron chi connectivity index (χ1n) is 12.3. The van der Waals surface area contributed by atoms with Crippen molar-refractivity contribution in [3.63, 3.8) is 0 Å². The van der Waals surface area contributed by atoms with Crippen molar-refractivity contribution < 1.29 is 43.3 Å². The number of aliphatic carboxylic acids is 1. The molecule has 0 aromatic heterocycles. The van der Waals surface area contributed by atoms with Crippen LogP contribution in [0.25, 0.3) is 0 Å². The number of aliphatic imine (C=N–C) groups is 1. The summed E-state index contributed by atoms with van der Waals surface area (Å²) in [5.74, 6) is -2.28. The Kier molecular flexibility index (Phi) is 9.32. The van der Waals surface area contributed by atoms with Crippen molar-refractivity contribution in [1.82, 2.24) is 10.4 Å². The van der Waals surface area contributed by atoms with Crippen LogP contribution < -0.4 is 5.32 Å². The zero-order chi connectivity index (χ0) is 27.9. The highest BCUT2D eigenvalue weighted by atomic mass is 16.7. The Morgan fingerprint density at radius 2 is 1.82 bits per heavy atom. The minimum absolute atomic E-state index is 0.00476. The monoisotopic (exact) mass is 531 g/mol. The Hall–Kier alpha value is -4.09. The molecule has 0 saturated carbocycles. The number of nitrogens with one attached hydrogen (secondary N) is 1. The summed E-state index contributed by atoms with van der Waals surface area (Å²) in [5, 5.41) is 12.6. The Balaban J connectivity index is 1.83. The number of carboxylic acid groups (broad SMARTS) is 1. The van der Waals surface area contributed by atoms with E-state index in [1.165, 1.54) is 12.5 Å². The smallest absolute Gasteiger partial charge is 0.407 e. The summed E-state index contributed by atoms with van der Waals surface area (Å²) in [6.45, 7) is 7.20. The van der Waals surface area contributed by atoms with Crippen molar-refractivity contribution in [2.75, 3.05) is 0 Å². The molecule has 1 fully saturated rings. The van der Waals surface area contributed by atoms with Crippen LogP contribution in [0.15, 0.2) is 41.8 Å². The number of amides is 3. The molecular formula is C26H33N3O9. The van der Waals surface area contributed by atoms with Gasteiger partial charge in [0, 0.05) is 25.3 Å². The number of carbonyl (C=O) groups is 4. The van der Waals surface area contributed by atoms with Gasteiger partial charge < -0.3 is 29.5 Å². The predicted molar refractivity (Wildman–Crippen MR) is 133 cm³/mol. The van der Waals surface area contributed by atoms with E-state index in [1.807, 2.05) is 19.1 Å². The quantitative estimate of drug-likeness (QED) is 0.263. The minimum atomic E-state index is -1.10. The van der Waals surface area contributed by atoms with Crippen LogP contribution in [0, 0.1) is 0 Å². The van der Waals surface area contributed by atoms with Crippen molar-refractivity contribution in [2.24, 2.45) is 4.99 Å². The van der Waals surface area contributed by atoms with Gasteiger partial charge in [0.05, 0.1) is 6.42 Å². The number of hydrogen-bond acceptors (Lipinski definition) is 9. The molecule has 206 valence electrons. The molecule has 0 spiro atoms. The van der Waals surface area contributed by atoms with Crippen LogP contribution in [0.2, 0.25) is 0 Å². The van der Waals surface area contributed by atoms with E-state index in [0.29, 0.717) is 17.0 Å². The fourth-order valence-corrected chi connectivity index (χ4v) is 3.78. The number of alkyl carbamates (subject to hydrolysis) is 1. The van der Waals surface area contributed by atoms with Gasteiger partial charge in [-0.05, 0) is 45.2 Å². The van der Waals surface area contributed by atoms with Gasteiger partial charge >= 0.3 is 12.1 Å². The number of rotatable bonds is 10. The normalized spacial score (nSPS) is 17.6. The molecule has 3 rings (SSSR count). The third kappa shape index (κ3) is 8.49. The second-order valence-electron chi connectivity index (χ2n) is 9.94. The number of nitrogens with zero attached hydrogens (tertiary/aromatic N) is 2. The van der Waals surface area contributed by atoms with E-state index in [2.05, 4.69) is 10.3 Å². The van der Waals surface area contributed by atoms with Crippen LogP contribution in [-0.4, -0.2) is 57.9 Å². The summed E-state index contributed by atoms with van der Waals surface area (Å²) in [6.07, 6.45) is 1.29. The number of ether oxygens (including phenoxy) is 3. The van der Waals surface area contributed by atoms with E-state index in [9.17, 15) is 24.3 Å². The van der Waals surface area contributed by atoms with Crippen molar-refractivity contribution in [1.29, 1.82) is 0 Å². The fraction of sp³-hybridized carbons (Fsp3) is 0.500. The fourth-order valence-electron chi connectivity index (χ4n) is 3.78. The van der Waals surface area contributed by atoms with Gasteiger partial charge in [-0.15, -0.1) is 5.06 Å². The molecule has 38 heavy (non-hydrogen) atoms. The second kappa shape index (κ2) is 12.4. The zero-order valence-electron chi connectivity index (χ0n) is 21.8. The van der Waals surface area contributed by atoms with E-state index in [0.717, 1.165) is 5.56 Å². The van der Waals surface area contributed by atoms with Crippen LogP contribution >= 0.6 is 0 Å². The number of hydrogen-bond donors (Lipinski definition) is 2. The highest BCUT2D eigenvalue weighted by Crippen LogP contribution is 2.30. The average Bonchev–Trinajstić information content (AvgIpc) is 3.45. The summed E-state index contributed by atoms with van der Waals surface area (Å²) in [6, 6.07) is 6.26. The molecule has 1 aromatic carbocycles. The SMILES string of the molecule is CC(Cc1cccc(C(N=C(CCC(=O)O)ON2C(=O)CCC2=O)C2OC=CO2)c1)NC(=O)OC(C)(C)C. The maximum atomic E-state index is 12.1. The third-order valence-electron chi connectivity index (χ3n) is 5.37. The third-order valence-corrected chi connectivity index (χ3v) is 5.37. The summed E-state index contributed by atoms with van der Waals surface area (Å²) >= 11 is 0. The zero-order valence-corrected chi connectivity index (χ0v) is 21.8. The van der Waals surface area contributed by atoms with E-state index < -0.39 is 41.8 Å². The van der Waals surface area contributed by atoms with Crippen LogP contribution in [0.1, 0.15) is 70.5 Å². The van der Waals surface area contributed by atoms with Gasteiger partial charge in [-0.3, -0.25) is 14.4 Å². The highest BCUT2D eigenvalue weighted by molar-refractivity contribution is 6.02. The van der Waals surface area contributed by atoms with Crippen LogP contribution in [-0.2, 0) is 39.9 Å². The van der Waals surface area contributed by atoms with E-state index >= 15 is 0 Å². The number of imide groups is 1. The first kappa shape index (κ1) is 28.5. The molecule has 2 unspecified atom stereocenters. The molecule has 2 heterocycles. The maximum Gasteiger partial charge on any atom is 0.407 e. The molecule has 2 aliphatic heterocycles. The number of hydroxylamine groups is 2. The summed E-state index contributed by atoms with van der Waals surface area (Å²) in [7, 11) is 0. The largest absolute Gasteiger partial charge is 0.481 e. The average molecular weight is 532 g/mol. The van der Waals surface area contributed by atoms with E-state index in [4.69, 9.17) is 19.0 Å². The molecule has 12 heteroatoms. The van der Waals surface area contributed by atoms with E-state index in [-0.39, 0.29) is 37.6 Å². The minimum Gasteiger partial charge on any atom is -0.481 e. The first-order chi connectivity index (χ1) is 17.9. The molecule has 0 bridgehead atoms. The van der Waals surface area contributed by atoms with Crippen molar-refractivity contribution >= 4 is 29.8 Å². The lowest BCUT2D eigenvalue weighted by Gasteiger charge is -2.23. The molecular weight excluding hydrogens is 498 g/mol. The Morgan fingerprint density at radius 1 is 1.16 bits per heavy atom. The maximum absolute atomic E-state index is 12.1. The van der Waals surface area contributed by atoms with Crippen molar-refractivity contribution in [3.05, 3.63) is 47.9 Å². The molecule has 1 aromatic rings. The van der Waals surface area contributed by atoms with Gasteiger partial charge in [0.15, 0.2) is 6.04 Å². The lowest BCUT2D eigenvalue weighted by molar-refractivity contribution is -0.167. The molecule has 0 aliphatic carbocycles. The molecule has 1 saturated heterocycles. The molecule has 0 radical (unpaired) electrons. The number of carboxylic acids is 1. The van der Waals surface area contributed by atoms with Crippen LogP contribution in [0.4, 0.5) is 4.79 Å². The van der Waals surface area contributed by atoms with Gasteiger partial charge in [0.1, 0.15) is 18.1 Å². The van der Waals surface area contributed by atoms with E-state index in [1.54, 1.807) is 32.9 Å². The Morgan fingerprint density at radius 3 is 2.42 bits per heavy atom. The predicted octanol–water partition coefficient (Wildman–Crippen LogP) is 3.37. The van der Waals surface area contributed by atoms with Crippen LogP contribution in [0.5, 0.6) is 0 Å². The number of benzene rings is 1. The molecule has 2 N–H and O–H groups in total. The lowest BCUT2D eigenvalue weighted by atomic mass is 10.00. The molecule has 12 nitrogen and oxygen atoms in total. The topological polar surface area (TPSA) is 153 Å². The van der Waals surface area contributed by atoms with Gasteiger partial charge in [-0.25, -0.2) is 9.79 Å². The Bertz CT molecular complexity index is 1090. The van der Waals surface area contributed by atoms with Gasteiger partial charge in [0.2, 0.25) is 5.90 Å². The summed E-state index contributed by atoms with van der Waals surface area (Å²) in [5.41, 5.74) is 0.904. The second-order valence-corrected chi connectivity index (χ2v) is 9.94. The standard InChI is InChI=1S/C26H33N3O9/c1-16(27-25(34)37-26(2,3)4)14-17-6-5-7-18(15-17)23(24-35-12-13-36-24)28-19(8-11-22(32)33)38-29-20(30)9-10-21(29)31/h5-7,12-13,15-16,23-24H,8-11,14H2,1-4H3,(H,27,34)(H,32,33). The molecule has 2 atom stereocenters.